The maximum Gasteiger partial charge on any atom is 0.326 e. The zero-order valence-corrected chi connectivity index (χ0v) is 12.5. The lowest BCUT2D eigenvalue weighted by Gasteiger charge is -2.14. The molecule has 1 aromatic carbocycles. The number of rotatable bonds is 4. The summed E-state index contributed by atoms with van der Waals surface area (Å²) in [6, 6.07) is 8.85. The van der Waals surface area contributed by atoms with Crippen LogP contribution in [-0.4, -0.2) is 15.6 Å². The first-order valence-electron chi connectivity index (χ1n) is 6.63. The van der Waals surface area contributed by atoms with Gasteiger partial charge in [0, 0.05) is 22.8 Å². The van der Waals surface area contributed by atoms with Crippen molar-refractivity contribution in [1.82, 2.24) is 4.57 Å². The van der Waals surface area contributed by atoms with Crippen molar-refractivity contribution < 1.29 is 9.90 Å². The molecule has 1 heterocycles. The molecule has 2 aromatic rings. The molecule has 0 spiro atoms. The quantitative estimate of drug-likeness (QED) is 0.939. The van der Waals surface area contributed by atoms with Crippen LogP contribution in [0, 0.1) is 11.3 Å². The minimum atomic E-state index is -1.06. The lowest BCUT2D eigenvalue weighted by Crippen LogP contribution is -2.28. The second-order valence-electron chi connectivity index (χ2n) is 4.72. The minimum Gasteiger partial charge on any atom is -0.480 e. The van der Waals surface area contributed by atoms with Crippen molar-refractivity contribution in [2.75, 3.05) is 0 Å². The third-order valence-electron chi connectivity index (χ3n) is 3.37. The lowest BCUT2D eigenvalue weighted by atomic mass is 10.0. The zero-order valence-electron chi connectivity index (χ0n) is 11.8. The van der Waals surface area contributed by atoms with Crippen molar-refractivity contribution in [3.05, 3.63) is 57.5 Å². The van der Waals surface area contributed by atoms with E-state index < -0.39 is 17.6 Å². The molecule has 1 unspecified atom stereocenters. The number of hydrogen-bond acceptors (Lipinski definition) is 3. The van der Waals surface area contributed by atoms with Crippen LogP contribution < -0.4 is 5.56 Å². The van der Waals surface area contributed by atoms with Gasteiger partial charge in [0.15, 0.2) is 0 Å². The molecule has 112 valence electrons. The van der Waals surface area contributed by atoms with Crippen LogP contribution in [-0.2, 0) is 4.79 Å². The first-order valence-corrected chi connectivity index (χ1v) is 7.00. The summed E-state index contributed by atoms with van der Waals surface area (Å²) in [6.07, 6.45) is 1.73. The third kappa shape index (κ3) is 3.02. The van der Waals surface area contributed by atoms with Gasteiger partial charge < -0.3 is 9.67 Å². The van der Waals surface area contributed by atoms with Crippen molar-refractivity contribution in [1.29, 1.82) is 5.26 Å². The molecule has 0 aliphatic carbocycles. The Labute approximate surface area is 132 Å². The van der Waals surface area contributed by atoms with Crippen LogP contribution in [0.4, 0.5) is 0 Å². The molecule has 0 saturated carbocycles. The third-order valence-corrected chi connectivity index (χ3v) is 3.60. The van der Waals surface area contributed by atoms with E-state index in [1.807, 2.05) is 6.07 Å². The SMILES string of the molecule is CCC(C(=O)O)n1ccc(-c2cc(Cl)ccc2C#N)cc1=O. The smallest absolute Gasteiger partial charge is 0.326 e. The molecular weight excluding hydrogens is 304 g/mol. The summed E-state index contributed by atoms with van der Waals surface area (Å²) in [7, 11) is 0. The van der Waals surface area contributed by atoms with Crippen molar-refractivity contribution in [3.8, 4) is 17.2 Å². The van der Waals surface area contributed by atoms with Gasteiger partial charge in [0.2, 0.25) is 0 Å². The zero-order chi connectivity index (χ0) is 16.3. The fraction of sp³-hybridized carbons (Fsp3) is 0.188. The van der Waals surface area contributed by atoms with Gasteiger partial charge in [-0.15, -0.1) is 0 Å². The van der Waals surface area contributed by atoms with E-state index in [4.69, 9.17) is 22.0 Å². The second kappa shape index (κ2) is 6.46. The van der Waals surface area contributed by atoms with Crippen LogP contribution in [0.1, 0.15) is 24.9 Å². The Morgan fingerprint density at radius 3 is 2.68 bits per heavy atom. The topological polar surface area (TPSA) is 83.1 Å². The number of carboxylic acid groups (broad SMARTS) is 1. The number of halogens is 1. The summed E-state index contributed by atoms with van der Waals surface area (Å²) < 4.78 is 1.17. The number of pyridine rings is 1. The van der Waals surface area contributed by atoms with Gasteiger partial charge in [-0.3, -0.25) is 4.79 Å². The molecule has 0 aliphatic heterocycles. The van der Waals surface area contributed by atoms with E-state index in [9.17, 15) is 9.59 Å². The minimum absolute atomic E-state index is 0.301. The monoisotopic (exact) mass is 316 g/mol. The Balaban J connectivity index is 2.56. The van der Waals surface area contributed by atoms with Crippen LogP contribution in [0.5, 0.6) is 0 Å². The number of benzene rings is 1. The molecule has 1 N–H and O–H groups in total. The van der Waals surface area contributed by atoms with E-state index in [0.717, 1.165) is 0 Å². The molecule has 0 fully saturated rings. The molecular formula is C16H13ClN2O3. The highest BCUT2D eigenvalue weighted by Crippen LogP contribution is 2.26. The van der Waals surface area contributed by atoms with Gasteiger partial charge in [0.05, 0.1) is 11.6 Å². The number of aliphatic carboxylic acids is 1. The average molecular weight is 317 g/mol. The molecule has 1 aromatic heterocycles. The van der Waals surface area contributed by atoms with E-state index in [1.54, 1.807) is 31.2 Å². The van der Waals surface area contributed by atoms with Crippen LogP contribution in [0.15, 0.2) is 41.3 Å². The number of carbonyl (C=O) groups is 1. The highest BCUT2D eigenvalue weighted by Gasteiger charge is 2.18. The number of carboxylic acids is 1. The maximum absolute atomic E-state index is 12.2. The van der Waals surface area contributed by atoms with Gasteiger partial charge >= 0.3 is 5.97 Å². The van der Waals surface area contributed by atoms with Crippen LogP contribution in [0.25, 0.3) is 11.1 Å². The second-order valence-corrected chi connectivity index (χ2v) is 5.16. The molecule has 0 bridgehead atoms. The largest absolute Gasteiger partial charge is 0.480 e. The highest BCUT2D eigenvalue weighted by molar-refractivity contribution is 6.30. The normalized spacial score (nSPS) is 11.7. The first-order chi connectivity index (χ1) is 10.5. The van der Waals surface area contributed by atoms with Crippen LogP contribution in [0.2, 0.25) is 5.02 Å². The van der Waals surface area contributed by atoms with E-state index in [1.165, 1.54) is 16.8 Å². The van der Waals surface area contributed by atoms with E-state index in [0.29, 0.717) is 28.1 Å². The molecule has 1 atom stereocenters. The Bertz CT molecular complexity index is 821. The number of aromatic nitrogens is 1. The molecule has 5 nitrogen and oxygen atoms in total. The van der Waals surface area contributed by atoms with Gasteiger partial charge in [-0.05, 0) is 36.2 Å². The molecule has 0 amide bonds. The number of nitriles is 1. The summed E-state index contributed by atoms with van der Waals surface area (Å²) in [5.74, 6) is -1.06. The molecule has 0 saturated heterocycles. The summed E-state index contributed by atoms with van der Waals surface area (Å²) in [6.45, 7) is 1.70. The van der Waals surface area contributed by atoms with E-state index in [2.05, 4.69) is 0 Å². The number of nitrogens with zero attached hydrogens (tertiary/aromatic N) is 2. The van der Waals surface area contributed by atoms with Crippen molar-refractivity contribution in [2.24, 2.45) is 0 Å². The van der Waals surface area contributed by atoms with Gasteiger partial charge in [-0.25, -0.2) is 4.79 Å². The Kier molecular flexibility index (Phi) is 4.64. The molecule has 22 heavy (non-hydrogen) atoms. The average Bonchev–Trinajstić information content (AvgIpc) is 2.49. The lowest BCUT2D eigenvalue weighted by molar-refractivity contribution is -0.141. The molecule has 2 rings (SSSR count). The number of hydrogen-bond donors (Lipinski definition) is 1. The van der Waals surface area contributed by atoms with Gasteiger partial charge in [-0.1, -0.05) is 18.5 Å². The molecule has 6 heteroatoms. The van der Waals surface area contributed by atoms with Crippen LogP contribution in [0.3, 0.4) is 0 Å². The van der Waals surface area contributed by atoms with Gasteiger partial charge in [-0.2, -0.15) is 5.26 Å². The van der Waals surface area contributed by atoms with Crippen LogP contribution >= 0.6 is 11.6 Å². The Morgan fingerprint density at radius 1 is 1.41 bits per heavy atom. The summed E-state index contributed by atoms with van der Waals surface area (Å²) in [4.78, 5) is 23.3. The summed E-state index contributed by atoms with van der Waals surface area (Å²) in [5, 5.41) is 18.7. The molecule has 0 aliphatic rings. The summed E-state index contributed by atoms with van der Waals surface area (Å²) >= 11 is 5.94. The van der Waals surface area contributed by atoms with Gasteiger partial charge in [0.1, 0.15) is 6.04 Å². The predicted molar refractivity (Wildman–Crippen MR) is 82.8 cm³/mol. The van der Waals surface area contributed by atoms with E-state index >= 15 is 0 Å². The molecule has 0 radical (unpaired) electrons. The predicted octanol–water partition coefficient (Wildman–Crippen LogP) is 3.08. The first kappa shape index (κ1) is 15.8. The fourth-order valence-corrected chi connectivity index (χ4v) is 2.43. The standard InChI is InChI=1S/C16H13ClN2O3/c1-2-14(16(21)22)19-6-5-10(7-15(19)20)13-8-12(17)4-3-11(13)9-18/h3-8,14H,2H2,1H3,(H,21,22). The Hall–Kier alpha value is -2.58. The fourth-order valence-electron chi connectivity index (χ4n) is 2.26. The van der Waals surface area contributed by atoms with Crippen molar-refractivity contribution >= 4 is 17.6 Å². The summed E-state index contributed by atoms with van der Waals surface area (Å²) in [5.41, 5.74) is 1.03. The van der Waals surface area contributed by atoms with Crippen molar-refractivity contribution in [2.45, 2.75) is 19.4 Å². The van der Waals surface area contributed by atoms with E-state index in [-0.39, 0.29) is 0 Å². The maximum atomic E-state index is 12.2. The highest BCUT2D eigenvalue weighted by atomic mass is 35.5. The van der Waals surface area contributed by atoms with Crippen molar-refractivity contribution in [3.63, 3.8) is 0 Å². The Morgan fingerprint density at radius 2 is 2.14 bits per heavy atom. The van der Waals surface area contributed by atoms with Gasteiger partial charge in [0.25, 0.3) is 5.56 Å².